The number of phenols is 1. The lowest BCUT2D eigenvalue weighted by Crippen LogP contribution is -2.37. The largest absolute Gasteiger partial charge is 0.505 e. The summed E-state index contributed by atoms with van der Waals surface area (Å²) in [6, 6.07) is 3.31. The molecule has 0 fully saturated rings. The van der Waals surface area contributed by atoms with Gasteiger partial charge in [0.15, 0.2) is 11.6 Å². The maximum absolute atomic E-state index is 13.1. The Hall–Kier alpha value is -0.840. The van der Waals surface area contributed by atoms with Crippen LogP contribution < -0.4 is 5.73 Å². The zero-order chi connectivity index (χ0) is 12.5. The van der Waals surface area contributed by atoms with Crippen LogP contribution in [0.4, 0.5) is 4.39 Å². The molecule has 5 heteroatoms. The number of phenolic OH excluding ortho intramolecular Hbond substituents is 1. The number of aliphatic hydroxyl groups excluding tert-OH is 1. The molecule has 0 spiro atoms. The fourth-order valence-corrected chi connectivity index (χ4v) is 1.51. The van der Waals surface area contributed by atoms with E-state index in [0.29, 0.717) is 0 Å². The molecule has 0 saturated heterocycles. The molecule has 98 valence electrons. The number of hydrogen-bond donors (Lipinski definition) is 3. The zero-order valence-electron chi connectivity index (χ0n) is 10.1. The topological polar surface area (TPSA) is 66.5 Å². The summed E-state index contributed by atoms with van der Waals surface area (Å²) in [6.07, 6.45) is -0.861. The Balaban J connectivity index is 0.00000256. The lowest BCUT2D eigenvalue weighted by atomic mass is 9.82. The molecule has 17 heavy (non-hydrogen) atoms. The average molecular weight is 264 g/mol. The van der Waals surface area contributed by atoms with Crippen LogP contribution in [0.1, 0.15) is 32.4 Å². The zero-order valence-corrected chi connectivity index (χ0v) is 11.0. The van der Waals surface area contributed by atoms with E-state index >= 15 is 0 Å². The fourth-order valence-electron chi connectivity index (χ4n) is 1.51. The van der Waals surface area contributed by atoms with Crippen molar-refractivity contribution in [2.75, 3.05) is 0 Å². The molecule has 0 aliphatic rings. The van der Waals surface area contributed by atoms with Crippen LogP contribution >= 0.6 is 12.4 Å². The molecule has 1 aromatic rings. The summed E-state index contributed by atoms with van der Waals surface area (Å²) < 4.78 is 13.1. The van der Waals surface area contributed by atoms with Crippen LogP contribution in [0.25, 0.3) is 0 Å². The number of para-hydroxylation sites is 1. The van der Waals surface area contributed by atoms with Crippen molar-refractivity contribution in [1.29, 1.82) is 0 Å². The number of rotatable bonds is 2. The highest BCUT2D eigenvalue weighted by molar-refractivity contribution is 5.85. The predicted molar refractivity (Wildman–Crippen MR) is 67.7 cm³/mol. The van der Waals surface area contributed by atoms with Crippen molar-refractivity contribution in [3.63, 3.8) is 0 Å². The van der Waals surface area contributed by atoms with Crippen LogP contribution in [0.5, 0.6) is 5.75 Å². The van der Waals surface area contributed by atoms with Crippen molar-refractivity contribution in [2.24, 2.45) is 11.1 Å². The molecular weight excluding hydrogens is 245 g/mol. The molecule has 0 aliphatic heterocycles. The van der Waals surface area contributed by atoms with Gasteiger partial charge in [0.25, 0.3) is 0 Å². The van der Waals surface area contributed by atoms with E-state index in [9.17, 15) is 14.6 Å². The number of halogens is 2. The fraction of sp³-hybridized carbons (Fsp3) is 0.500. The molecule has 0 radical (unpaired) electrons. The third-order valence-corrected chi connectivity index (χ3v) is 2.60. The Morgan fingerprint density at radius 1 is 1.29 bits per heavy atom. The Labute approximate surface area is 107 Å². The maximum Gasteiger partial charge on any atom is 0.165 e. The first-order chi connectivity index (χ1) is 7.25. The van der Waals surface area contributed by atoms with Gasteiger partial charge < -0.3 is 15.9 Å². The van der Waals surface area contributed by atoms with E-state index < -0.39 is 29.1 Å². The van der Waals surface area contributed by atoms with Gasteiger partial charge in [-0.1, -0.05) is 32.9 Å². The van der Waals surface area contributed by atoms with Gasteiger partial charge in [-0.05, 0) is 11.5 Å². The number of aliphatic hydroxyl groups is 1. The Bertz CT molecular complexity index is 379. The van der Waals surface area contributed by atoms with E-state index in [1.54, 1.807) is 0 Å². The molecule has 0 unspecified atom stereocenters. The number of aromatic hydroxyl groups is 1. The summed E-state index contributed by atoms with van der Waals surface area (Å²) in [6.45, 7) is 5.48. The SMILES string of the molecule is CC(C)(C)[C@@H](O)[C@@H](N)c1cccc(F)c1O.Cl. The van der Waals surface area contributed by atoms with E-state index in [2.05, 4.69) is 0 Å². The standard InChI is InChI=1S/C12H18FNO2.ClH/c1-12(2,3)11(16)9(14)7-5-4-6-8(13)10(7)15;/h4-6,9,11,15-16H,14H2,1-3H3;1H/t9-,11-;/m0./s1. The summed E-state index contributed by atoms with van der Waals surface area (Å²) in [5, 5.41) is 19.5. The van der Waals surface area contributed by atoms with Crippen molar-refractivity contribution < 1.29 is 14.6 Å². The van der Waals surface area contributed by atoms with Crippen molar-refractivity contribution in [2.45, 2.75) is 32.9 Å². The van der Waals surface area contributed by atoms with Gasteiger partial charge in [0, 0.05) is 5.56 Å². The normalized spacial score (nSPS) is 14.9. The first-order valence-electron chi connectivity index (χ1n) is 5.16. The van der Waals surface area contributed by atoms with Gasteiger partial charge in [-0.15, -0.1) is 12.4 Å². The van der Waals surface area contributed by atoms with Crippen LogP contribution in [-0.2, 0) is 0 Å². The summed E-state index contributed by atoms with van der Waals surface area (Å²) in [5.41, 5.74) is 5.61. The van der Waals surface area contributed by atoms with Crippen molar-refractivity contribution in [1.82, 2.24) is 0 Å². The van der Waals surface area contributed by atoms with Gasteiger partial charge in [-0.25, -0.2) is 4.39 Å². The summed E-state index contributed by atoms with van der Waals surface area (Å²) in [4.78, 5) is 0. The minimum atomic E-state index is -0.861. The van der Waals surface area contributed by atoms with Crippen LogP contribution in [0.3, 0.4) is 0 Å². The van der Waals surface area contributed by atoms with Crippen LogP contribution in [0, 0.1) is 11.2 Å². The van der Waals surface area contributed by atoms with Gasteiger partial charge in [-0.3, -0.25) is 0 Å². The molecule has 0 bridgehead atoms. The monoisotopic (exact) mass is 263 g/mol. The minimum absolute atomic E-state index is 0. The summed E-state index contributed by atoms with van der Waals surface area (Å²) in [7, 11) is 0. The van der Waals surface area contributed by atoms with E-state index in [1.165, 1.54) is 12.1 Å². The molecule has 2 atom stereocenters. The molecular formula is C12H19ClFNO2. The van der Waals surface area contributed by atoms with E-state index in [-0.39, 0.29) is 18.0 Å². The molecule has 0 heterocycles. The lowest BCUT2D eigenvalue weighted by Gasteiger charge is -2.31. The van der Waals surface area contributed by atoms with Crippen molar-refractivity contribution in [3.05, 3.63) is 29.6 Å². The molecule has 0 amide bonds. The van der Waals surface area contributed by atoms with Gasteiger partial charge in [0.1, 0.15) is 0 Å². The number of nitrogens with two attached hydrogens (primary N) is 1. The average Bonchev–Trinajstić information content (AvgIpc) is 2.18. The number of hydrogen-bond acceptors (Lipinski definition) is 3. The molecule has 3 nitrogen and oxygen atoms in total. The van der Waals surface area contributed by atoms with Crippen LogP contribution in [-0.4, -0.2) is 16.3 Å². The van der Waals surface area contributed by atoms with Crippen molar-refractivity contribution >= 4 is 12.4 Å². The second-order valence-corrected chi connectivity index (χ2v) is 5.01. The molecule has 0 aliphatic carbocycles. The molecule has 0 saturated carbocycles. The highest BCUT2D eigenvalue weighted by atomic mass is 35.5. The molecule has 1 aromatic carbocycles. The maximum atomic E-state index is 13.1. The van der Waals surface area contributed by atoms with Crippen molar-refractivity contribution in [3.8, 4) is 5.75 Å². The van der Waals surface area contributed by atoms with Gasteiger partial charge in [-0.2, -0.15) is 0 Å². The van der Waals surface area contributed by atoms with E-state index in [0.717, 1.165) is 6.07 Å². The lowest BCUT2D eigenvalue weighted by molar-refractivity contribution is 0.0393. The number of benzene rings is 1. The minimum Gasteiger partial charge on any atom is -0.505 e. The predicted octanol–water partition coefficient (Wildman–Crippen LogP) is 2.36. The first-order valence-corrected chi connectivity index (χ1v) is 5.16. The summed E-state index contributed by atoms with van der Waals surface area (Å²) in [5.74, 6) is -1.22. The first kappa shape index (κ1) is 16.2. The van der Waals surface area contributed by atoms with E-state index in [1.807, 2.05) is 20.8 Å². The smallest absolute Gasteiger partial charge is 0.165 e. The molecule has 0 aromatic heterocycles. The Morgan fingerprint density at radius 3 is 2.29 bits per heavy atom. The Kier molecular flexibility index (Phi) is 5.39. The van der Waals surface area contributed by atoms with Gasteiger partial charge in [0.2, 0.25) is 0 Å². The van der Waals surface area contributed by atoms with E-state index in [4.69, 9.17) is 5.73 Å². The third kappa shape index (κ3) is 3.56. The second-order valence-electron chi connectivity index (χ2n) is 5.01. The molecule has 1 rings (SSSR count). The van der Waals surface area contributed by atoms with Crippen LogP contribution in [0.2, 0.25) is 0 Å². The van der Waals surface area contributed by atoms with Gasteiger partial charge in [0.05, 0.1) is 12.1 Å². The highest BCUT2D eigenvalue weighted by Crippen LogP contribution is 2.33. The second kappa shape index (κ2) is 5.67. The quantitative estimate of drug-likeness (QED) is 0.767. The van der Waals surface area contributed by atoms with Crippen LogP contribution in [0.15, 0.2) is 18.2 Å². The highest BCUT2D eigenvalue weighted by Gasteiger charge is 2.30. The summed E-state index contributed by atoms with van der Waals surface area (Å²) >= 11 is 0. The Morgan fingerprint density at radius 2 is 1.82 bits per heavy atom. The van der Waals surface area contributed by atoms with Gasteiger partial charge >= 0.3 is 0 Å². The molecule has 4 N–H and O–H groups in total. The third-order valence-electron chi connectivity index (χ3n) is 2.60.